The van der Waals surface area contributed by atoms with E-state index >= 15 is 0 Å². The van der Waals surface area contributed by atoms with Gasteiger partial charge in [0.15, 0.2) is 0 Å². The van der Waals surface area contributed by atoms with Crippen molar-refractivity contribution in [3.8, 4) is 0 Å². The van der Waals surface area contributed by atoms with Crippen LogP contribution >= 0.6 is 31.9 Å². The van der Waals surface area contributed by atoms with Gasteiger partial charge in [0.1, 0.15) is 0 Å². The minimum Gasteiger partial charge on any atom is -0.381 e. The Hall–Kier alpha value is -0.650. The van der Waals surface area contributed by atoms with Crippen molar-refractivity contribution in [2.75, 3.05) is 11.9 Å². The summed E-state index contributed by atoms with van der Waals surface area (Å²) in [7, 11) is 0. The van der Waals surface area contributed by atoms with Crippen molar-refractivity contribution in [3.63, 3.8) is 0 Å². The molecule has 0 spiro atoms. The Kier molecular flexibility index (Phi) is 3.24. The zero-order valence-electron chi connectivity index (χ0n) is 10.9. The second-order valence-corrected chi connectivity index (χ2v) is 7.19. The third-order valence-electron chi connectivity index (χ3n) is 3.85. The van der Waals surface area contributed by atoms with Crippen molar-refractivity contribution >= 4 is 48.5 Å². The molecule has 0 atom stereocenters. The molecule has 1 fully saturated rings. The topological polar surface area (TPSA) is 34.2 Å². The second-order valence-electron chi connectivity index (χ2n) is 5.42. The van der Waals surface area contributed by atoms with Crippen LogP contribution in [-0.4, -0.2) is 17.6 Å². The van der Waals surface area contributed by atoms with Crippen LogP contribution in [0.15, 0.2) is 21.1 Å². The van der Waals surface area contributed by atoms with E-state index in [4.69, 9.17) is 9.72 Å². The van der Waals surface area contributed by atoms with Gasteiger partial charge in [0.2, 0.25) is 0 Å². The van der Waals surface area contributed by atoms with Crippen molar-refractivity contribution in [1.29, 1.82) is 0 Å². The molecular weight excluding hydrogens is 384 g/mol. The second kappa shape index (κ2) is 4.97. The molecule has 0 radical (unpaired) electrons. The number of rotatable bonds is 2. The Balaban J connectivity index is 2.01. The Morgan fingerprint density at radius 3 is 2.90 bits per heavy atom. The average Bonchev–Trinajstić information content (AvgIpc) is 3.24. The van der Waals surface area contributed by atoms with Crippen LogP contribution in [0.25, 0.3) is 10.9 Å². The van der Waals surface area contributed by atoms with Crippen molar-refractivity contribution in [3.05, 3.63) is 32.3 Å². The lowest BCUT2D eigenvalue weighted by atomic mass is 10.0. The molecule has 3 nitrogen and oxygen atoms in total. The number of nitrogens with zero attached hydrogens (tertiary/aromatic N) is 1. The van der Waals surface area contributed by atoms with Crippen LogP contribution in [0.5, 0.6) is 0 Å². The standard InChI is InChI=1S/C15H14Br2N2O/c16-8-5-10-14(18-9-1-2-9)11-7-20-4-3-13(11)19-15(10)12(17)6-8/h5-6,9H,1-4,7H2,(H,18,19). The van der Waals surface area contributed by atoms with Crippen molar-refractivity contribution in [2.45, 2.75) is 31.9 Å². The minimum atomic E-state index is 0.615. The molecular formula is C15H14Br2N2O. The van der Waals surface area contributed by atoms with Gasteiger partial charge in [-0.25, -0.2) is 0 Å². The summed E-state index contributed by atoms with van der Waals surface area (Å²) in [5.74, 6) is 0. The van der Waals surface area contributed by atoms with Gasteiger partial charge in [-0.15, -0.1) is 0 Å². The monoisotopic (exact) mass is 396 g/mol. The summed E-state index contributed by atoms with van der Waals surface area (Å²) < 4.78 is 7.75. The number of benzene rings is 1. The van der Waals surface area contributed by atoms with Gasteiger partial charge in [-0.05, 0) is 40.9 Å². The Morgan fingerprint density at radius 2 is 2.10 bits per heavy atom. The third kappa shape index (κ3) is 2.26. The lowest BCUT2D eigenvalue weighted by Gasteiger charge is -2.22. The van der Waals surface area contributed by atoms with Gasteiger partial charge in [0.25, 0.3) is 0 Å². The van der Waals surface area contributed by atoms with Crippen LogP contribution in [0.3, 0.4) is 0 Å². The molecule has 0 unspecified atom stereocenters. The molecule has 104 valence electrons. The van der Waals surface area contributed by atoms with E-state index in [9.17, 15) is 0 Å². The lowest BCUT2D eigenvalue weighted by Crippen LogP contribution is -2.16. The van der Waals surface area contributed by atoms with Crippen LogP contribution < -0.4 is 5.32 Å². The van der Waals surface area contributed by atoms with Crippen LogP contribution in [0.2, 0.25) is 0 Å². The summed E-state index contributed by atoms with van der Waals surface area (Å²) in [4.78, 5) is 4.86. The van der Waals surface area contributed by atoms with Crippen molar-refractivity contribution in [1.82, 2.24) is 4.98 Å². The zero-order chi connectivity index (χ0) is 13.7. The van der Waals surface area contributed by atoms with Crippen LogP contribution in [0, 0.1) is 0 Å². The quantitative estimate of drug-likeness (QED) is 0.814. The molecule has 1 aliphatic carbocycles. The fourth-order valence-electron chi connectivity index (χ4n) is 2.68. The van der Waals surface area contributed by atoms with Gasteiger partial charge in [0.05, 0.1) is 30.1 Å². The molecule has 1 N–H and O–H groups in total. The van der Waals surface area contributed by atoms with Gasteiger partial charge >= 0.3 is 0 Å². The first-order valence-electron chi connectivity index (χ1n) is 6.87. The number of anilines is 1. The van der Waals surface area contributed by atoms with E-state index in [0.717, 1.165) is 27.5 Å². The van der Waals surface area contributed by atoms with Crippen molar-refractivity contribution in [2.24, 2.45) is 0 Å². The predicted octanol–water partition coefficient (Wildman–Crippen LogP) is 4.41. The number of aromatic nitrogens is 1. The molecule has 1 saturated carbocycles. The summed E-state index contributed by atoms with van der Waals surface area (Å²) in [5, 5.41) is 4.85. The summed E-state index contributed by atoms with van der Waals surface area (Å²) in [6, 6.07) is 4.82. The number of fused-ring (bicyclic) bond motifs is 2. The lowest BCUT2D eigenvalue weighted by molar-refractivity contribution is 0.110. The number of halogens is 2. The first-order chi connectivity index (χ1) is 9.72. The third-order valence-corrected chi connectivity index (χ3v) is 4.91. The van der Waals surface area contributed by atoms with E-state index in [1.54, 1.807) is 0 Å². The molecule has 0 amide bonds. The zero-order valence-corrected chi connectivity index (χ0v) is 14.1. The molecule has 4 rings (SSSR count). The molecule has 0 saturated heterocycles. The van der Waals surface area contributed by atoms with Crippen molar-refractivity contribution < 1.29 is 4.74 Å². The highest BCUT2D eigenvalue weighted by Gasteiger charge is 2.26. The highest BCUT2D eigenvalue weighted by molar-refractivity contribution is 9.11. The maximum absolute atomic E-state index is 5.64. The SMILES string of the molecule is Brc1cc(Br)c2nc3c(c(NC4CC4)c2c1)COCC3. The number of hydrogen-bond acceptors (Lipinski definition) is 3. The van der Waals surface area contributed by atoms with E-state index in [1.807, 2.05) is 0 Å². The Morgan fingerprint density at radius 1 is 1.25 bits per heavy atom. The first-order valence-corrected chi connectivity index (χ1v) is 8.46. The number of hydrogen-bond donors (Lipinski definition) is 1. The largest absolute Gasteiger partial charge is 0.381 e. The minimum absolute atomic E-state index is 0.615. The number of ether oxygens (including phenoxy) is 1. The Bertz CT molecular complexity index is 698. The smallest absolute Gasteiger partial charge is 0.0869 e. The molecule has 2 aromatic rings. The van der Waals surface area contributed by atoms with E-state index in [0.29, 0.717) is 12.6 Å². The number of nitrogens with one attached hydrogen (secondary N) is 1. The van der Waals surface area contributed by atoms with Crippen LogP contribution in [-0.2, 0) is 17.8 Å². The maximum Gasteiger partial charge on any atom is 0.0869 e. The first kappa shape index (κ1) is 13.0. The van der Waals surface area contributed by atoms with E-state index in [2.05, 4.69) is 49.3 Å². The van der Waals surface area contributed by atoms with Crippen LogP contribution in [0.1, 0.15) is 24.1 Å². The maximum atomic E-state index is 5.64. The van der Waals surface area contributed by atoms with E-state index in [-0.39, 0.29) is 0 Å². The molecule has 2 aliphatic rings. The average molecular weight is 398 g/mol. The fraction of sp³-hybridized carbons (Fsp3) is 0.400. The summed E-state index contributed by atoms with van der Waals surface area (Å²) in [6.07, 6.45) is 3.41. The van der Waals surface area contributed by atoms with E-state index < -0.39 is 0 Å². The van der Waals surface area contributed by atoms with Gasteiger partial charge in [-0.1, -0.05) is 15.9 Å². The van der Waals surface area contributed by atoms with Gasteiger partial charge in [-0.2, -0.15) is 0 Å². The molecule has 1 aromatic heterocycles. The molecule has 5 heteroatoms. The molecule has 0 bridgehead atoms. The van der Waals surface area contributed by atoms with Gasteiger partial charge < -0.3 is 10.1 Å². The normalized spacial score (nSPS) is 18.1. The van der Waals surface area contributed by atoms with Gasteiger partial charge in [-0.3, -0.25) is 4.98 Å². The summed E-state index contributed by atoms with van der Waals surface area (Å²) in [6.45, 7) is 1.43. The fourth-order valence-corrected chi connectivity index (χ4v) is 4.00. The predicted molar refractivity (Wildman–Crippen MR) is 87.1 cm³/mol. The molecule has 2 heterocycles. The summed E-state index contributed by atoms with van der Waals surface area (Å²) in [5.41, 5.74) is 4.67. The highest BCUT2D eigenvalue weighted by Crippen LogP contribution is 2.39. The van der Waals surface area contributed by atoms with Crippen LogP contribution in [0.4, 0.5) is 5.69 Å². The molecule has 20 heavy (non-hydrogen) atoms. The van der Waals surface area contributed by atoms with Gasteiger partial charge in [0, 0.05) is 32.4 Å². The molecule has 1 aliphatic heterocycles. The highest BCUT2D eigenvalue weighted by atomic mass is 79.9. The molecule has 1 aromatic carbocycles. The number of pyridine rings is 1. The Labute approximate surface area is 134 Å². The summed E-state index contributed by atoms with van der Waals surface area (Å²) >= 11 is 7.22. The van der Waals surface area contributed by atoms with E-state index in [1.165, 1.54) is 35.2 Å².